The van der Waals surface area contributed by atoms with Crippen molar-refractivity contribution in [1.29, 1.82) is 0 Å². The van der Waals surface area contributed by atoms with E-state index in [4.69, 9.17) is 4.74 Å². The Hall–Kier alpha value is -2.60. The fourth-order valence-electron chi connectivity index (χ4n) is 2.33. The molecule has 118 valence electrons. The van der Waals surface area contributed by atoms with Gasteiger partial charge in [-0.3, -0.25) is 5.32 Å². The molecule has 23 heavy (non-hydrogen) atoms. The molecule has 0 saturated heterocycles. The van der Waals surface area contributed by atoms with Gasteiger partial charge in [0.15, 0.2) is 5.13 Å². The zero-order valence-corrected chi connectivity index (χ0v) is 13.7. The first-order valence-corrected chi connectivity index (χ1v) is 8.11. The summed E-state index contributed by atoms with van der Waals surface area (Å²) in [6.07, 6.45) is 0. The molecular formula is C17H17N3O2S. The molecule has 0 bridgehead atoms. The van der Waals surface area contributed by atoms with Gasteiger partial charge in [-0.15, -0.1) is 0 Å². The minimum atomic E-state index is -0.239. The van der Waals surface area contributed by atoms with Crippen molar-refractivity contribution in [3.05, 3.63) is 42.5 Å². The third-order valence-corrected chi connectivity index (χ3v) is 4.30. The van der Waals surface area contributed by atoms with Gasteiger partial charge in [0, 0.05) is 12.1 Å². The third kappa shape index (κ3) is 3.27. The topological polar surface area (TPSA) is 63.2 Å². The number of nitrogens with one attached hydrogen (secondary N) is 2. The summed E-state index contributed by atoms with van der Waals surface area (Å²) in [7, 11) is 1.67. The van der Waals surface area contributed by atoms with Crippen LogP contribution in [0.25, 0.3) is 21.3 Å². The van der Waals surface area contributed by atoms with Gasteiger partial charge in [0.25, 0.3) is 0 Å². The maximum absolute atomic E-state index is 11.6. The van der Waals surface area contributed by atoms with Crippen LogP contribution in [-0.2, 0) is 0 Å². The monoisotopic (exact) mass is 327 g/mol. The smallest absolute Gasteiger partial charge is 0.321 e. The second kappa shape index (κ2) is 6.66. The van der Waals surface area contributed by atoms with Crippen LogP contribution in [0.4, 0.5) is 9.93 Å². The normalized spacial score (nSPS) is 10.5. The number of hydrogen-bond acceptors (Lipinski definition) is 4. The molecule has 5 nitrogen and oxygen atoms in total. The highest BCUT2D eigenvalue weighted by molar-refractivity contribution is 7.22. The third-order valence-electron chi connectivity index (χ3n) is 3.36. The van der Waals surface area contributed by atoms with E-state index in [0.717, 1.165) is 27.1 Å². The van der Waals surface area contributed by atoms with Crippen molar-refractivity contribution in [2.45, 2.75) is 6.92 Å². The van der Waals surface area contributed by atoms with E-state index in [0.29, 0.717) is 11.7 Å². The molecule has 0 aliphatic carbocycles. The highest BCUT2D eigenvalue weighted by atomic mass is 32.1. The van der Waals surface area contributed by atoms with E-state index in [1.165, 1.54) is 11.3 Å². The highest BCUT2D eigenvalue weighted by Crippen LogP contribution is 2.34. The zero-order valence-electron chi connectivity index (χ0n) is 12.9. The van der Waals surface area contributed by atoms with Crippen molar-refractivity contribution in [2.75, 3.05) is 19.0 Å². The molecule has 6 heteroatoms. The van der Waals surface area contributed by atoms with Crippen LogP contribution in [0, 0.1) is 0 Å². The van der Waals surface area contributed by atoms with Crippen LogP contribution in [0.2, 0.25) is 0 Å². The van der Waals surface area contributed by atoms with Crippen molar-refractivity contribution in [3.63, 3.8) is 0 Å². The number of urea groups is 1. The van der Waals surface area contributed by atoms with Crippen LogP contribution in [0.3, 0.4) is 0 Å². The lowest BCUT2D eigenvalue weighted by molar-refractivity contribution is 0.252. The van der Waals surface area contributed by atoms with Gasteiger partial charge in [-0.25, -0.2) is 9.78 Å². The van der Waals surface area contributed by atoms with Gasteiger partial charge in [-0.2, -0.15) is 0 Å². The molecule has 0 radical (unpaired) electrons. The Morgan fingerprint density at radius 3 is 2.87 bits per heavy atom. The Bertz CT molecular complexity index is 845. The summed E-state index contributed by atoms with van der Waals surface area (Å²) in [6, 6.07) is 13.7. The zero-order chi connectivity index (χ0) is 16.2. The standard InChI is InChI=1S/C17H17N3O2S/c1-3-18-16(21)20-17-19-13-9-8-11(10-15(13)23-17)12-6-4-5-7-14(12)22-2/h4-10H,3H2,1-2H3,(H2,18,19,20,21). The molecule has 1 heterocycles. The number of nitrogens with zero attached hydrogens (tertiary/aromatic N) is 1. The Kier molecular flexibility index (Phi) is 4.43. The first-order valence-electron chi connectivity index (χ1n) is 7.30. The lowest BCUT2D eigenvalue weighted by Crippen LogP contribution is -2.28. The van der Waals surface area contributed by atoms with Gasteiger partial charge >= 0.3 is 6.03 Å². The molecule has 2 amide bonds. The molecule has 2 aromatic carbocycles. The van der Waals surface area contributed by atoms with Gasteiger partial charge in [-0.05, 0) is 30.7 Å². The van der Waals surface area contributed by atoms with Crippen LogP contribution in [0.5, 0.6) is 5.75 Å². The Morgan fingerprint density at radius 2 is 2.09 bits per heavy atom. The predicted molar refractivity (Wildman–Crippen MR) is 94.3 cm³/mol. The van der Waals surface area contributed by atoms with E-state index in [2.05, 4.69) is 21.7 Å². The summed E-state index contributed by atoms with van der Waals surface area (Å²) in [5.41, 5.74) is 2.95. The lowest BCUT2D eigenvalue weighted by atomic mass is 10.0. The van der Waals surface area contributed by atoms with Crippen molar-refractivity contribution in [1.82, 2.24) is 10.3 Å². The average Bonchev–Trinajstić information content (AvgIpc) is 2.96. The molecule has 0 aliphatic rings. The van der Waals surface area contributed by atoms with Gasteiger partial charge in [0.2, 0.25) is 0 Å². The van der Waals surface area contributed by atoms with Crippen LogP contribution in [0.15, 0.2) is 42.5 Å². The Labute approximate surface area is 138 Å². The van der Waals surface area contributed by atoms with Crippen molar-refractivity contribution in [2.24, 2.45) is 0 Å². The molecule has 0 spiro atoms. The van der Waals surface area contributed by atoms with E-state index in [1.807, 2.05) is 43.3 Å². The van der Waals surface area contributed by atoms with Crippen LogP contribution in [0.1, 0.15) is 6.92 Å². The molecule has 2 N–H and O–H groups in total. The predicted octanol–water partition coefficient (Wildman–Crippen LogP) is 4.11. The van der Waals surface area contributed by atoms with Crippen molar-refractivity contribution in [3.8, 4) is 16.9 Å². The molecule has 1 aromatic heterocycles. The summed E-state index contributed by atoms with van der Waals surface area (Å²) in [6.45, 7) is 2.45. The second-order valence-electron chi connectivity index (χ2n) is 4.89. The molecule has 0 saturated carbocycles. The Balaban J connectivity index is 1.94. The van der Waals surface area contributed by atoms with E-state index in [1.54, 1.807) is 7.11 Å². The highest BCUT2D eigenvalue weighted by Gasteiger charge is 2.10. The summed E-state index contributed by atoms with van der Waals surface area (Å²) >= 11 is 1.45. The minimum absolute atomic E-state index is 0.239. The number of carbonyl (C=O) groups excluding carboxylic acids is 1. The van der Waals surface area contributed by atoms with Gasteiger partial charge in [0.1, 0.15) is 5.75 Å². The summed E-state index contributed by atoms with van der Waals surface area (Å²) in [4.78, 5) is 16.0. The molecule has 0 fully saturated rings. The number of rotatable bonds is 4. The number of para-hydroxylation sites is 1. The van der Waals surface area contributed by atoms with E-state index in [-0.39, 0.29) is 6.03 Å². The molecule has 3 rings (SSSR count). The van der Waals surface area contributed by atoms with Crippen LogP contribution >= 0.6 is 11.3 Å². The number of thiazole rings is 1. The van der Waals surface area contributed by atoms with E-state index >= 15 is 0 Å². The van der Waals surface area contributed by atoms with E-state index < -0.39 is 0 Å². The molecule has 0 atom stereocenters. The number of ether oxygens (including phenoxy) is 1. The number of methoxy groups -OCH3 is 1. The molecule has 0 aliphatic heterocycles. The maximum atomic E-state index is 11.6. The average molecular weight is 327 g/mol. The van der Waals surface area contributed by atoms with Crippen LogP contribution in [-0.4, -0.2) is 24.7 Å². The number of anilines is 1. The lowest BCUT2D eigenvalue weighted by Gasteiger charge is -2.07. The van der Waals surface area contributed by atoms with Crippen molar-refractivity contribution >= 4 is 32.7 Å². The minimum Gasteiger partial charge on any atom is -0.496 e. The number of carbonyl (C=O) groups is 1. The van der Waals surface area contributed by atoms with Gasteiger partial charge in [-0.1, -0.05) is 35.6 Å². The largest absolute Gasteiger partial charge is 0.496 e. The Morgan fingerprint density at radius 1 is 1.26 bits per heavy atom. The fourth-order valence-corrected chi connectivity index (χ4v) is 3.23. The van der Waals surface area contributed by atoms with Gasteiger partial charge < -0.3 is 10.1 Å². The first kappa shape index (κ1) is 15.3. The fraction of sp³-hybridized carbons (Fsp3) is 0.176. The number of aromatic nitrogens is 1. The van der Waals surface area contributed by atoms with Crippen LogP contribution < -0.4 is 15.4 Å². The van der Waals surface area contributed by atoms with Crippen molar-refractivity contribution < 1.29 is 9.53 Å². The number of amides is 2. The molecule has 3 aromatic rings. The number of benzene rings is 2. The summed E-state index contributed by atoms with van der Waals surface area (Å²) in [5, 5.41) is 6.02. The summed E-state index contributed by atoms with van der Waals surface area (Å²) in [5.74, 6) is 0.831. The SMILES string of the molecule is CCNC(=O)Nc1nc2ccc(-c3ccccc3OC)cc2s1. The summed E-state index contributed by atoms with van der Waals surface area (Å²) < 4.78 is 6.43. The van der Waals surface area contributed by atoms with Gasteiger partial charge in [0.05, 0.1) is 17.3 Å². The quantitative estimate of drug-likeness (QED) is 0.758. The van der Waals surface area contributed by atoms with E-state index in [9.17, 15) is 4.79 Å². The second-order valence-corrected chi connectivity index (χ2v) is 5.92. The number of fused-ring (bicyclic) bond motifs is 1. The molecular weight excluding hydrogens is 310 g/mol. The number of hydrogen-bond donors (Lipinski definition) is 2. The molecule has 0 unspecified atom stereocenters. The first-order chi connectivity index (χ1) is 11.2. The maximum Gasteiger partial charge on any atom is 0.321 e.